The van der Waals surface area contributed by atoms with Crippen molar-refractivity contribution in [3.63, 3.8) is 0 Å². The van der Waals surface area contributed by atoms with Gasteiger partial charge >= 0.3 is 5.97 Å². The van der Waals surface area contributed by atoms with Crippen molar-refractivity contribution in [3.05, 3.63) is 83.8 Å². The molecule has 8 heteroatoms. The summed E-state index contributed by atoms with van der Waals surface area (Å²) < 4.78 is 12.5. The molecule has 0 aliphatic carbocycles. The lowest BCUT2D eigenvalue weighted by molar-refractivity contribution is -0.142. The number of esters is 1. The van der Waals surface area contributed by atoms with E-state index < -0.39 is 0 Å². The Morgan fingerprint density at radius 1 is 1.06 bits per heavy atom. The average Bonchev–Trinajstić information content (AvgIpc) is 3.41. The van der Waals surface area contributed by atoms with Gasteiger partial charge in [-0.1, -0.05) is 77.6 Å². The summed E-state index contributed by atoms with van der Waals surface area (Å²) in [6.07, 6.45) is 0.0797. The molecule has 0 N–H and O–H groups in total. The topological polar surface area (TPSA) is 83.0 Å². The summed E-state index contributed by atoms with van der Waals surface area (Å²) in [5, 5.41) is 13.5. The van der Waals surface area contributed by atoms with Gasteiger partial charge in [-0.15, -0.1) is 10.2 Å². The summed E-state index contributed by atoms with van der Waals surface area (Å²) in [4.78, 5) is 12.0. The molecule has 2 aromatic carbocycles. The molecule has 0 atom stereocenters. The SMILES string of the molecule is CCOC(=O)Cc1nnc(SCc2cc(-c3ccccc3)on2)n1Cc1ccccc1. The Labute approximate surface area is 184 Å². The molecule has 2 aromatic heterocycles. The number of aromatic nitrogens is 4. The van der Waals surface area contributed by atoms with Crippen LogP contribution in [0.2, 0.25) is 0 Å². The van der Waals surface area contributed by atoms with Gasteiger partial charge in [0.05, 0.1) is 18.8 Å². The molecule has 4 rings (SSSR count). The number of rotatable bonds is 9. The molecule has 0 unspecified atom stereocenters. The molecular weight excluding hydrogens is 412 g/mol. The lowest BCUT2D eigenvalue weighted by atomic mass is 10.2. The fraction of sp³-hybridized carbons (Fsp3) is 0.217. The molecule has 0 aliphatic heterocycles. The monoisotopic (exact) mass is 434 g/mol. The van der Waals surface area contributed by atoms with Crippen LogP contribution in [0.5, 0.6) is 0 Å². The Kier molecular flexibility index (Phi) is 6.78. The first-order valence-electron chi connectivity index (χ1n) is 9.98. The Morgan fingerprint density at radius 2 is 1.81 bits per heavy atom. The predicted octanol–water partition coefficient (Wildman–Crippen LogP) is 4.38. The van der Waals surface area contributed by atoms with E-state index in [0.29, 0.717) is 29.9 Å². The zero-order chi connectivity index (χ0) is 21.5. The molecule has 0 spiro atoms. The van der Waals surface area contributed by atoms with E-state index in [1.807, 2.05) is 71.3 Å². The molecule has 0 fully saturated rings. The number of nitrogens with zero attached hydrogens (tertiary/aromatic N) is 4. The minimum atomic E-state index is -0.315. The van der Waals surface area contributed by atoms with Gasteiger partial charge in [-0.05, 0) is 12.5 Å². The molecule has 0 radical (unpaired) electrons. The standard InChI is InChI=1S/C23H22N4O3S/c1-2-29-22(28)14-21-24-25-23(27(21)15-17-9-5-3-6-10-17)31-16-19-13-20(30-26-19)18-11-7-4-8-12-18/h3-13H,2,14-16H2,1H3. The maximum Gasteiger partial charge on any atom is 0.313 e. The van der Waals surface area contributed by atoms with Crippen LogP contribution in [0.4, 0.5) is 0 Å². The molecule has 7 nitrogen and oxygen atoms in total. The predicted molar refractivity (Wildman–Crippen MR) is 117 cm³/mol. The van der Waals surface area contributed by atoms with Crippen LogP contribution in [0.3, 0.4) is 0 Å². The highest BCUT2D eigenvalue weighted by Gasteiger charge is 2.17. The molecule has 0 saturated heterocycles. The van der Waals surface area contributed by atoms with Crippen LogP contribution in [-0.2, 0) is 28.2 Å². The number of thioether (sulfide) groups is 1. The number of benzene rings is 2. The second kappa shape index (κ2) is 10.1. The lowest BCUT2D eigenvalue weighted by Crippen LogP contribution is -2.14. The van der Waals surface area contributed by atoms with Crippen molar-refractivity contribution in [2.24, 2.45) is 0 Å². The Balaban J connectivity index is 1.51. The molecule has 4 aromatic rings. The van der Waals surface area contributed by atoms with Crippen molar-refractivity contribution in [1.82, 2.24) is 19.9 Å². The van der Waals surface area contributed by atoms with Gasteiger partial charge in [0.15, 0.2) is 10.9 Å². The summed E-state index contributed by atoms with van der Waals surface area (Å²) in [5.41, 5.74) is 2.89. The van der Waals surface area contributed by atoms with Gasteiger partial charge in [-0.3, -0.25) is 4.79 Å². The van der Waals surface area contributed by atoms with Crippen LogP contribution in [0, 0.1) is 0 Å². The smallest absolute Gasteiger partial charge is 0.313 e. The molecule has 0 aliphatic rings. The normalized spacial score (nSPS) is 10.9. The van der Waals surface area contributed by atoms with Crippen molar-refractivity contribution >= 4 is 17.7 Å². The summed E-state index contributed by atoms with van der Waals surface area (Å²) in [5.74, 6) is 1.56. The number of hydrogen-bond donors (Lipinski definition) is 0. The van der Waals surface area contributed by atoms with Crippen molar-refractivity contribution in [2.45, 2.75) is 30.8 Å². The second-order valence-electron chi connectivity index (χ2n) is 6.79. The van der Waals surface area contributed by atoms with Crippen molar-refractivity contribution in [1.29, 1.82) is 0 Å². The maximum atomic E-state index is 12.0. The lowest BCUT2D eigenvalue weighted by Gasteiger charge is -2.10. The van der Waals surface area contributed by atoms with E-state index in [4.69, 9.17) is 9.26 Å². The van der Waals surface area contributed by atoms with E-state index in [1.165, 1.54) is 11.8 Å². The number of ether oxygens (including phenoxy) is 1. The highest BCUT2D eigenvalue weighted by molar-refractivity contribution is 7.98. The van der Waals surface area contributed by atoms with Gasteiger partial charge in [0, 0.05) is 17.4 Å². The minimum absolute atomic E-state index is 0.0797. The minimum Gasteiger partial charge on any atom is -0.466 e. The van der Waals surface area contributed by atoms with Gasteiger partial charge in [0.1, 0.15) is 12.2 Å². The molecule has 158 valence electrons. The van der Waals surface area contributed by atoms with Gasteiger partial charge in [0.25, 0.3) is 0 Å². The van der Waals surface area contributed by atoms with Crippen molar-refractivity contribution in [3.8, 4) is 11.3 Å². The van der Waals surface area contributed by atoms with E-state index >= 15 is 0 Å². The number of carbonyl (C=O) groups excluding carboxylic acids is 1. The summed E-state index contributed by atoms with van der Waals surface area (Å²) >= 11 is 1.50. The molecule has 0 amide bonds. The summed E-state index contributed by atoms with van der Waals surface area (Å²) in [6, 6.07) is 21.8. The fourth-order valence-electron chi connectivity index (χ4n) is 3.08. The molecule has 0 bridgehead atoms. The first kappa shape index (κ1) is 20.9. The third-order valence-electron chi connectivity index (χ3n) is 4.55. The third kappa shape index (κ3) is 5.40. The number of carbonyl (C=O) groups is 1. The average molecular weight is 435 g/mol. The van der Waals surface area contributed by atoms with E-state index in [-0.39, 0.29) is 12.4 Å². The van der Waals surface area contributed by atoms with Crippen LogP contribution in [-0.4, -0.2) is 32.5 Å². The van der Waals surface area contributed by atoms with E-state index in [2.05, 4.69) is 15.4 Å². The molecular formula is C23H22N4O3S. The zero-order valence-corrected chi connectivity index (χ0v) is 17.9. The summed E-state index contributed by atoms with van der Waals surface area (Å²) in [6.45, 7) is 2.69. The first-order valence-corrected chi connectivity index (χ1v) is 11.0. The van der Waals surface area contributed by atoms with E-state index in [1.54, 1.807) is 6.92 Å². The zero-order valence-electron chi connectivity index (χ0n) is 17.1. The molecule has 2 heterocycles. The Bertz CT molecular complexity index is 1130. The maximum absolute atomic E-state index is 12.0. The third-order valence-corrected chi connectivity index (χ3v) is 5.55. The van der Waals surface area contributed by atoms with Crippen molar-refractivity contribution in [2.75, 3.05) is 6.61 Å². The van der Waals surface area contributed by atoms with Crippen LogP contribution in [0.25, 0.3) is 11.3 Å². The van der Waals surface area contributed by atoms with Crippen LogP contribution >= 0.6 is 11.8 Å². The number of hydrogen-bond acceptors (Lipinski definition) is 7. The van der Waals surface area contributed by atoms with Crippen molar-refractivity contribution < 1.29 is 14.1 Å². The Hall–Kier alpha value is -3.39. The molecule has 0 saturated carbocycles. The van der Waals surface area contributed by atoms with E-state index in [9.17, 15) is 4.79 Å². The van der Waals surface area contributed by atoms with Gasteiger partial charge in [-0.25, -0.2) is 0 Å². The largest absolute Gasteiger partial charge is 0.466 e. The van der Waals surface area contributed by atoms with E-state index in [0.717, 1.165) is 22.6 Å². The van der Waals surface area contributed by atoms with Gasteiger partial charge in [-0.2, -0.15) is 0 Å². The van der Waals surface area contributed by atoms with Crippen LogP contribution in [0.1, 0.15) is 24.0 Å². The van der Waals surface area contributed by atoms with Crippen LogP contribution in [0.15, 0.2) is 76.4 Å². The van der Waals surface area contributed by atoms with Crippen LogP contribution < -0.4 is 0 Å². The Morgan fingerprint density at radius 3 is 2.55 bits per heavy atom. The fourth-order valence-corrected chi connectivity index (χ4v) is 3.92. The molecule has 31 heavy (non-hydrogen) atoms. The highest BCUT2D eigenvalue weighted by Crippen LogP contribution is 2.26. The second-order valence-corrected chi connectivity index (χ2v) is 7.73. The van der Waals surface area contributed by atoms with Gasteiger partial charge < -0.3 is 13.8 Å². The first-order chi connectivity index (χ1) is 15.2. The highest BCUT2D eigenvalue weighted by atomic mass is 32.2. The summed E-state index contributed by atoms with van der Waals surface area (Å²) in [7, 11) is 0. The van der Waals surface area contributed by atoms with Gasteiger partial charge in [0.2, 0.25) is 0 Å². The quantitative estimate of drug-likeness (QED) is 0.286.